The van der Waals surface area contributed by atoms with Gasteiger partial charge in [-0.1, -0.05) is 18.2 Å². The molecule has 0 aliphatic carbocycles. The first-order valence-corrected chi connectivity index (χ1v) is 6.68. The van der Waals surface area contributed by atoms with Gasteiger partial charge in [0.1, 0.15) is 5.82 Å². The molecule has 0 aromatic heterocycles. The van der Waals surface area contributed by atoms with Crippen LogP contribution in [0.25, 0.3) is 6.08 Å². The van der Waals surface area contributed by atoms with Crippen molar-refractivity contribution in [1.82, 2.24) is 0 Å². The molecule has 0 aliphatic rings. The molecule has 0 fully saturated rings. The van der Waals surface area contributed by atoms with Crippen molar-refractivity contribution in [2.45, 2.75) is 13.1 Å². The van der Waals surface area contributed by atoms with Gasteiger partial charge in [-0.05, 0) is 48.4 Å². The molecule has 6 heteroatoms. The van der Waals surface area contributed by atoms with E-state index in [0.29, 0.717) is 5.56 Å². The minimum absolute atomic E-state index is 0.0395. The molecule has 0 atom stereocenters. The van der Waals surface area contributed by atoms with E-state index in [1.165, 1.54) is 30.3 Å². The molecule has 0 radical (unpaired) electrons. The number of anilines is 1. The molecular weight excluding hydrogens is 310 g/mol. The van der Waals surface area contributed by atoms with E-state index in [9.17, 15) is 22.4 Å². The van der Waals surface area contributed by atoms with Crippen molar-refractivity contribution in [2.24, 2.45) is 0 Å². The van der Waals surface area contributed by atoms with Gasteiger partial charge >= 0.3 is 6.18 Å². The molecule has 1 amide bonds. The normalized spacial score (nSPS) is 11.7. The SMILES string of the molecule is Cc1ccc(NC(=O)/C=C/c2ccc(C(F)(F)F)cc2)c(F)c1. The number of aryl methyl sites for hydroxylation is 1. The van der Waals surface area contributed by atoms with E-state index < -0.39 is 23.5 Å². The molecule has 23 heavy (non-hydrogen) atoms. The Morgan fingerprint density at radius 1 is 1.09 bits per heavy atom. The van der Waals surface area contributed by atoms with Gasteiger partial charge in [-0.15, -0.1) is 0 Å². The van der Waals surface area contributed by atoms with Crippen LogP contribution in [-0.2, 0) is 11.0 Å². The van der Waals surface area contributed by atoms with Crippen molar-refractivity contribution < 1.29 is 22.4 Å². The first-order valence-electron chi connectivity index (χ1n) is 6.68. The van der Waals surface area contributed by atoms with E-state index >= 15 is 0 Å². The van der Waals surface area contributed by atoms with Crippen molar-refractivity contribution in [3.63, 3.8) is 0 Å². The maximum absolute atomic E-state index is 13.6. The van der Waals surface area contributed by atoms with Crippen LogP contribution in [0.15, 0.2) is 48.5 Å². The molecule has 0 spiro atoms. The predicted octanol–water partition coefficient (Wildman–Crippen LogP) is 4.80. The van der Waals surface area contributed by atoms with Gasteiger partial charge in [0.05, 0.1) is 11.3 Å². The Hall–Kier alpha value is -2.63. The second-order valence-corrected chi connectivity index (χ2v) is 4.93. The van der Waals surface area contributed by atoms with Crippen molar-refractivity contribution >= 4 is 17.7 Å². The van der Waals surface area contributed by atoms with Crippen molar-refractivity contribution in [1.29, 1.82) is 0 Å². The number of rotatable bonds is 3. The smallest absolute Gasteiger partial charge is 0.320 e. The largest absolute Gasteiger partial charge is 0.416 e. The van der Waals surface area contributed by atoms with Crippen LogP contribution in [0, 0.1) is 12.7 Å². The lowest BCUT2D eigenvalue weighted by atomic mass is 10.1. The molecule has 0 saturated carbocycles. The predicted molar refractivity (Wildman–Crippen MR) is 80.2 cm³/mol. The number of hydrogen-bond acceptors (Lipinski definition) is 1. The molecule has 2 rings (SSSR count). The average Bonchev–Trinajstić information content (AvgIpc) is 2.47. The Balaban J connectivity index is 2.03. The van der Waals surface area contributed by atoms with E-state index in [2.05, 4.69) is 5.32 Å². The summed E-state index contributed by atoms with van der Waals surface area (Å²) in [7, 11) is 0. The van der Waals surface area contributed by atoms with Crippen LogP contribution < -0.4 is 5.32 Å². The number of hydrogen-bond donors (Lipinski definition) is 1. The molecule has 0 saturated heterocycles. The van der Waals surface area contributed by atoms with Crippen molar-refractivity contribution in [2.75, 3.05) is 5.32 Å². The van der Waals surface area contributed by atoms with Crippen LogP contribution in [0.3, 0.4) is 0 Å². The summed E-state index contributed by atoms with van der Waals surface area (Å²) in [5.74, 6) is -1.13. The fraction of sp³-hybridized carbons (Fsp3) is 0.118. The Morgan fingerprint density at radius 2 is 1.74 bits per heavy atom. The number of amides is 1. The molecule has 0 heterocycles. The van der Waals surface area contributed by atoms with Gasteiger partial charge in [-0.25, -0.2) is 4.39 Å². The second-order valence-electron chi connectivity index (χ2n) is 4.93. The van der Waals surface area contributed by atoms with Crippen LogP contribution >= 0.6 is 0 Å². The Labute approximate surface area is 130 Å². The quantitative estimate of drug-likeness (QED) is 0.638. The van der Waals surface area contributed by atoms with Gasteiger partial charge in [0.2, 0.25) is 5.91 Å². The average molecular weight is 323 g/mol. The molecular formula is C17H13F4NO. The zero-order chi connectivity index (χ0) is 17.0. The molecule has 120 valence electrons. The van der Waals surface area contributed by atoms with Gasteiger partial charge < -0.3 is 5.32 Å². The highest BCUT2D eigenvalue weighted by Gasteiger charge is 2.29. The summed E-state index contributed by atoms with van der Waals surface area (Å²) < 4.78 is 50.9. The number of carbonyl (C=O) groups is 1. The minimum Gasteiger partial charge on any atom is -0.320 e. The number of carbonyl (C=O) groups excluding carboxylic acids is 1. The summed E-state index contributed by atoms with van der Waals surface area (Å²) in [6.45, 7) is 1.72. The Kier molecular flexibility index (Phi) is 4.83. The van der Waals surface area contributed by atoms with E-state index in [-0.39, 0.29) is 5.69 Å². The Bertz CT molecular complexity index is 733. The van der Waals surface area contributed by atoms with E-state index in [1.54, 1.807) is 13.0 Å². The molecule has 0 bridgehead atoms. The minimum atomic E-state index is -4.40. The lowest BCUT2D eigenvalue weighted by molar-refractivity contribution is -0.137. The summed E-state index contributed by atoms with van der Waals surface area (Å²) in [5, 5.41) is 2.36. The molecule has 0 unspecified atom stereocenters. The number of benzene rings is 2. The highest BCUT2D eigenvalue weighted by molar-refractivity contribution is 6.02. The summed E-state index contributed by atoms with van der Waals surface area (Å²) in [5.41, 5.74) is 0.428. The molecule has 2 aromatic rings. The molecule has 0 aliphatic heterocycles. The van der Waals surface area contributed by atoms with Gasteiger partial charge in [-0.3, -0.25) is 4.79 Å². The highest BCUT2D eigenvalue weighted by atomic mass is 19.4. The number of alkyl halides is 3. The summed E-state index contributed by atoms with van der Waals surface area (Å²) in [4.78, 5) is 11.7. The monoisotopic (exact) mass is 323 g/mol. The third-order valence-corrected chi connectivity index (χ3v) is 3.05. The van der Waals surface area contributed by atoms with Crippen LogP contribution in [0.1, 0.15) is 16.7 Å². The van der Waals surface area contributed by atoms with E-state index in [0.717, 1.165) is 23.8 Å². The molecule has 2 nitrogen and oxygen atoms in total. The zero-order valence-electron chi connectivity index (χ0n) is 12.1. The summed E-state index contributed by atoms with van der Waals surface area (Å²) >= 11 is 0. The Morgan fingerprint density at radius 3 is 2.30 bits per heavy atom. The summed E-state index contributed by atoms with van der Waals surface area (Å²) in [6, 6.07) is 8.73. The third kappa shape index (κ3) is 4.67. The fourth-order valence-electron chi connectivity index (χ4n) is 1.85. The third-order valence-electron chi connectivity index (χ3n) is 3.05. The van der Waals surface area contributed by atoms with Crippen molar-refractivity contribution in [3.8, 4) is 0 Å². The fourth-order valence-corrected chi connectivity index (χ4v) is 1.85. The maximum atomic E-state index is 13.6. The maximum Gasteiger partial charge on any atom is 0.416 e. The zero-order valence-corrected chi connectivity index (χ0v) is 12.1. The first kappa shape index (κ1) is 16.7. The summed E-state index contributed by atoms with van der Waals surface area (Å²) in [6.07, 6.45) is -1.92. The van der Waals surface area contributed by atoms with Crippen LogP contribution in [-0.4, -0.2) is 5.91 Å². The highest BCUT2D eigenvalue weighted by Crippen LogP contribution is 2.29. The first-order chi connectivity index (χ1) is 10.8. The van der Waals surface area contributed by atoms with Crippen LogP contribution in [0.5, 0.6) is 0 Å². The van der Waals surface area contributed by atoms with E-state index in [1.807, 2.05) is 0 Å². The van der Waals surface area contributed by atoms with Crippen LogP contribution in [0.2, 0.25) is 0 Å². The number of nitrogens with one attached hydrogen (secondary N) is 1. The molecule has 1 N–H and O–H groups in total. The van der Waals surface area contributed by atoms with Gasteiger partial charge in [0, 0.05) is 6.08 Å². The van der Waals surface area contributed by atoms with Gasteiger partial charge in [-0.2, -0.15) is 13.2 Å². The second kappa shape index (κ2) is 6.64. The lowest BCUT2D eigenvalue weighted by Gasteiger charge is -2.06. The number of halogens is 4. The van der Waals surface area contributed by atoms with Crippen LogP contribution in [0.4, 0.5) is 23.2 Å². The topological polar surface area (TPSA) is 29.1 Å². The van der Waals surface area contributed by atoms with Gasteiger partial charge in [0.25, 0.3) is 0 Å². The standard InChI is InChI=1S/C17H13F4NO/c1-11-2-8-15(14(18)10-11)22-16(23)9-5-12-3-6-13(7-4-12)17(19,20)21/h2-10H,1H3,(H,22,23)/b9-5+. The lowest BCUT2D eigenvalue weighted by Crippen LogP contribution is -2.09. The molecule has 2 aromatic carbocycles. The van der Waals surface area contributed by atoms with Gasteiger partial charge in [0.15, 0.2) is 0 Å². The van der Waals surface area contributed by atoms with Crippen molar-refractivity contribution in [3.05, 3.63) is 71.0 Å². The van der Waals surface area contributed by atoms with E-state index in [4.69, 9.17) is 0 Å².